The molecule has 0 radical (unpaired) electrons. The van der Waals surface area contributed by atoms with Crippen molar-refractivity contribution >= 4 is 19.8 Å². The first kappa shape index (κ1) is 52.9. The van der Waals surface area contributed by atoms with Crippen molar-refractivity contribution in [2.75, 3.05) is 47.5 Å². The molecule has 0 aliphatic rings. The van der Waals surface area contributed by atoms with Crippen LogP contribution in [0.25, 0.3) is 0 Å². The Labute approximate surface area is 341 Å². The van der Waals surface area contributed by atoms with Crippen LogP contribution in [0.2, 0.25) is 0 Å². The number of carbonyl (C=O) groups excluding carboxylic acids is 2. The average molecular weight is 802 g/mol. The molecule has 9 nitrogen and oxygen atoms in total. The molecule has 0 aliphatic carbocycles. The van der Waals surface area contributed by atoms with Gasteiger partial charge in [0.25, 0.3) is 7.82 Å². The summed E-state index contributed by atoms with van der Waals surface area (Å²) in [6.45, 7) is 3.88. The maximum Gasteiger partial charge on any atom is 0.306 e. The smallest absolute Gasteiger partial charge is 0.306 e. The molecule has 0 aliphatic heterocycles. The summed E-state index contributed by atoms with van der Waals surface area (Å²) in [6.07, 6.45) is 48.7. The standard InChI is InChI=1S/C46H76NO8P/c1-6-8-10-12-14-16-18-20-22-23-25-27-29-31-33-35-37-39-46(49)55-44(43-54-56(50,51)53-41-40-47(3,4)5)42-52-45(48)38-36-34-32-30-28-26-24-21-19-17-15-13-11-9-7-2/h8-11,14-17,20-22,24-25,27,31,33,44H,6-7,12-13,18-19,23,26,28-30,32,34-43H2,1-5H3/b10-8-,11-9-,16-14-,17-15-,22-20-,24-21-,27-25-,33-31-/t44-/m1/s1. The molecule has 0 saturated carbocycles. The molecular formula is C46H76NO8P. The molecule has 0 aromatic rings. The minimum atomic E-state index is -4.65. The van der Waals surface area contributed by atoms with Crippen LogP contribution in [0.5, 0.6) is 0 Å². The number of allylic oxidation sites excluding steroid dienone is 16. The topological polar surface area (TPSA) is 111 Å². The van der Waals surface area contributed by atoms with Gasteiger partial charge >= 0.3 is 11.9 Å². The average Bonchev–Trinajstić information content (AvgIpc) is 3.15. The van der Waals surface area contributed by atoms with Gasteiger partial charge in [0.05, 0.1) is 27.7 Å². The molecular weight excluding hydrogens is 725 g/mol. The van der Waals surface area contributed by atoms with E-state index in [2.05, 4.69) is 105 Å². The van der Waals surface area contributed by atoms with Crippen LogP contribution in [0.4, 0.5) is 0 Å². The SMILES string of the molecule is CC/C=C\C/C=C\C/C=C\C/C=C\C/C=C\CCCC(=O)O[C@H](COC(=O)CCCCCCC/C=C\C/C=C\C/C=C\CC)COP(=O)([O-])OCC[N+](C)(C)C. The third-order valence-corrected chi connectivity index (χ3v) is 9.06. The Kier molecular flexibility index (Phi) is 35.4. The first-order chi connectivity index (χ1) is 27.0. The third-order valence-electron chi connectivity index (χ3n) is 8.10. The lowest BCUT2D eigenvalue weighted by Crippen LogP contribution is -2.37. The maximum atomic E-state index is 12.6. The van der Waals surface area contributed by atoms with Gasteiger partial charge in [-0.2, -0.15) is 0 Å². The van der Waals surface area contributed by atoms with Crippen LogP contribution in [0.15, 0.2) is 97.2 Å². The Morgan fingerprint density at radius 1 is 0.554 bits per heavy atom. The summed E-state index contributed by atoms with van der Waals surface area (Å²) in [4.78, 5) is 37.5. The first-order valence-corrected chi connectivity index (χ1v) is 22.4. The van der Waals surface area contributed by atoms with E-state index in [0.29, 0.717) is 30.3 Å². The van der Waals surface area contributed by atoms with E-state index in [-0.39, 0.29) is 26.1 Å². The molecule has 1 unspecified atom stereocenters. The zero-order valence-corrected chi connectivity index (χ0v) is 36.4. The number of rotatable bonds is 36. The molecule has 0 heterocycles. The molecule has 2 atom stereocenters. The monoisotopic (exact) mass is 802 g/mol. The van der Waals surface area contributed by atoms with Gasteiger partial charge in [0, 0.05) is 12.8 Å². The lowest BCUT2D eigenvalue weighted by molar-refractivity contribution is -0.870. The number of quaternary nitrogens is 1. The highest BCUT2D eigenvalue weighted by Crippen LogP contribution is 2.38. The summed E-state index contributed by atoms with van der Waals surface area (Å²) in [5.74, 6) is -0.935. The molecule has 0 aromatic heterocycles. The fourth-order valence-electron chi connectivity index (χ4n) is 4.88. The van der Waals surface area contributed by atoms with Crippen molar-refractivity contribution in [2.24, 2.45) is 0 Å². The Balaban J connectivity index is 4.54. The van der Waals surface area contributed by atoms with Gasteiger partial charge in [0.15, 0.2) is 6.10 Å². The van der Waals surface area contributed by atoms with Crippen LogP contribution in [0.1, 0.15) is 129 Å². The number of likely N-dealkylation sites (N-methyl/N-ethyl adjacent to an activating group) is 1. The van der Waals surface area contributed by atoms with Crippen LogP contribution in [-0.4, -0.2) is 70.0 Å². The lowest BCUT2D eigenvalue weighted by atomic mass is 10.1. The number of nitrogens with zero attached hydrogens (tertiary/aromatic N) is 1. The predicted molar refractivity (Wildman–Crippen MR) is 231 cm³/mol. The number of ether oxygens (including phenoxy) is 2. The molecule has 0 rings (SSSR count). The number of unbranched alkanes of at least 4 members (excludes halogenated alkanes) is 6. The number of hydrogen-bond acceptors (Lipinski definition) is 8. The second-order valence-corrected chi connectivity index (χ2v) is 16.0. The molecule has 56 heavy (non-hydrogen) atoms. The quantitative estimate of drug-likeness (QED) is 0.0202. The number of phosphoric ester groups is 1. The minimum Gasteiger partial charge on any atom is -0.756 e. The van der Waals surface area contributed by atoms with Crippen LogP contribution in [0.3, 0.4) is 0 Å². The van der Waals surface area contributed by atoms with E-state index >= 15 is 0 Å². The van der Waals surface area contributed by atoms with Gasteiger partial charge in [0.1, 0.15) is 19.8 Å². The summed E-state index contributed by atoms with van der Waals surface area (Å²) in [5, 5.41) is 0. The molecule has 0 bridgehead atoms. The fraction of sp³-hybridized carbons (Fsp3) is 0.609. The van der Waals surface area contributed by atoms with Crippen LogP contribution >= 0.6 is 7.82 Å². The van der Waals surface area contributed by atoms with E-state index in [0.717, 1.165) is 83.5 Å². The van der Waals surface area contributed by atoms with Crippen molar-refractivity contribution < 1.29 is 42.1 Å². The van der Waals surface area contributed by atoms with Crippen molar-refractivity contribution in [1.29, 1.82) is 0 Å². The normalized spacial score (nSPS) is 14.6. The molecule has 10 heteroatoms. The fourth-order valence-corrected chi connectivity index (χ4v) is 5.61. The van der Waals surface area contributed by atoms with Crippen molar-refractivity contribution in [1.82, 2.24) is 0 Å². The maximum absolute atomic E-state index is 12.6. The lowest BCUT2D eigenvalue weighted by Gasteiger charge is -2.28. The van der Waals surface area contributed by atoms with E-state index in [4.69, 9.17) is 18.5 Å². The minimum absolute atomic E-state index is 0.0504. The highest BCUT2D eigenvalue weighted by molar-refractivity contribution is 7.45. The summed E-state index contributed by atoms with van der Waals surface area (Å²) in [6, 6.07) is 0. The van der Waals surface area contributed by atoms with E-state index in [1.54, 1.807) is 0 Å². The van der Waals surface area contributed by atoms with Gasteiger partial charge in [-0.1, -0.05) is 130 Å². The van der Waals surface area contributed by atoms with E-state index in [1.165, 1.54) is 0 Å². The Morgan fingerprint density at radius 3 is 1.48 bits per heavy atom. The molecule has 0 saturated heterocycles. The second kappa shape index (κ2) is 37.5. The predicted octanol–water partition coefficient (Wildman–Crippen LogP) is 11.2. The largest absolute Gasteiger partial charge is 0.756 e. The molecule has 318 valence electrons. The third kappa shape index (κ3) is 40.6. The summed E-state index contributed by atoms with van der Waals surface area (Å²) in [7, 11) is 1.10. The summed E-state index contributed by atoms with van der Waals surface area (Å²) < 4.78 is 33.8. The number of carbonyl (C=O) groups is 2. The Hall–Kier alpha value is -3.07. The summed E-state index contributed by atoms with van der Waals surface area (Å²) in [5.41, 5.74) is 0. The number of hydrogen-bond donors (Lipinski definition) is 0. The van der Waals surface area contributed by atoms with Crippen molar-refractivity contribution in [2.45, 2.75) is 136 Å². The van der Waals surface area contributed by atoms with E-state index < -0.39 is 32.5 Å². The number of phosphoric acid groups is 1. The molecule has 0 fully saturated rings. The molecule has 0 aromatic carbocycles. The summed E-state index contributed by atoms with van der Waals surface area (Å²) >= 11 is 0. The van der Waals surface area contributed by atoms with Gasteiger partial charge in [-0.05, 0) is 83.5 Å². The molecule has 0 spiro atoms. The van der Waals surface area contributed by atoms with Gasteiger partial charge in [-0.25, -0.2) is 0 Å². The van der Waals surface area contributed by atoms with Crippen LogP contribution < -0.4 is 4.89 Å². The highest BCUT2D eigenvalue weighted by atomic mass is 31.2. The zero-order valence-electron chi connectivity index (χ0n) is 35.5. The van der Waals surface area contributed by atoms with Crippen molar-refractivity contribution in [3.8, 4) is 0 Å². The van der Waals surface area contributed by atoms with Crippen molar-refractivity contribution in [3.63, 3.8) is 0 Å². The highest BCUT2D eigenvalue weighted by Gasteiger charge is 2.21. The van der Waals surface area contributed by atoms with E-state index in [9.17, 15) is 19.0 Å². The first-order valence-electron chi connectivity index (χ1n) is 20.9. The second-order valence-electron chi connectivity index (χ2n) is 14.6. The molecule has 0 N–H and O–H groups in total. The van der Waals surface area contributed by atoms with Crippen LogP contribution in [0, 0.1) is 0 Å². The Bertz CT molecular complexity index is 1270. The van der Waals surface area contributed by atoms with Crippen molar-refractivity contribution in [3.05, 3.63) is 97.2 Å². The molecule has 0 amide bonds. The van der Waals surface area contributed by atoms with Gasteiger partial charge in [-0.15, -0.1) is 0 Å². The van der Waals surface area contributed by atoms with Gasteiger partial charge < -0.3 is 27.9 Å². The van der Waals surface area contributed by atoms with Crippen LogP contribution in [-0.2, 0) is 32.7 Å². The number of esters is 2. The van der Waals surface area contributed by atoms with E-state index in [1.807, 2.05) is 27.2 Å². The van der Waals surface area contributed by atoms with Gasteiger partial charge in [-0.3, -0.25) is 14.2 Å². The zero-order chi connectivity index (χ0) is 41.4. The van der Waals surface area contributed by atoms with Gasteiger partial charge in [0.2, 0.25) is 0 Å². The Morgan fingerprint density at radius 2 is 0.982 bits per heavy atom.